The first-order valence-electron chi connectivity index (χ1n) is 5.06. The lowest BCUT2D eigenvalue weighted by Crippen LogP contribution is -2.12. The van der Waals surface area contributed by atoms with Crippen LogP contribution in [0.15, 0.2) is 22.7 Å². The van der Waals surface area contributed by atoms with Crippen LogP contribution in [0.1, 0.15) is 5.69 Å². The fourth-order valence-electron chi connectivity index (χ4n) is 1.28. The highest BCUT2D eigenvalue weighted by Crippen LogP contribution is 2.19. The average Bonchev–Trinajstić information content (AvgIpc) is 2.87. The summed E-state index contributed by atoms with van der Waals surface area (Å²) < 4.78 is 27.3. The molecule has 102 valence electrons. The van der Waals surface area contributed by atoms with Gasteiger partial charge in [-0.05, 0) is 6.92 Å². The van der Waals surface area contributed by atoms with E-state index in [-0.39, 0.29) is 10.0 Å². The summed E-state index contributed by atoms with van der Waals surface area (Å²) in [6.07, 6.45) is 2.24. The number of aliphatic carboxylic acids is 1. The maximum atomic E-state index is 12.0. The molecule has 0 saturated heterocycles. The van der Waals surface area contributed by atoms with Crippen molar-refractivity contribution in [2.45, 2.75) is 18.4 Å². The third kappa shape index (κ3) is 3.29. The molecule has 0 atom stereocenters. The molecule has 0 fully saturated rings. The summed E-state index contributed by atoms with van der Waals surface area (Å²) in [5, 5.41) is 14.2. The van der Waals surface area contributed by atoms with Crippen molar-refractivity contribution in [3.8, 4) is 0 Å². The van der Waals surface area contributed by atoms with Crippen molar-refractivity contribution in [1.82, 2.24) is 14.8 Å². The lowest BCUT2D eigenvalue weighted by Gasteiger charge is -2.01. The normalized spacial score (nSPS) is 11.4. The second-order valence-corrected chi connectivity index (χ2v) is 6.21. The fraction of sp³-hybridized carbons (Fsp3) is 0.222. The third-order valence-corrected chi connectivity index (χ3v) is 4.36. The Kier molecular flexibility index (Phi) is 3.53. The number of thiazole rings is 1. The maximum absolute atomic E-state index is 12.0. The van der Waals surface area contributed by atoms with Gasteiger partial charge in [0.25, 0.3) is 10.0 Å². The Bertz CT molecular complexity index is 703. The van der Waals surface area contributed by atoms with Crippen molar-refractivity contribution in [1.29, 1.82) is 0 Å². The highest BCUT2D eigenvalue weighted by molar-refractivity contribution is 7.93. The zero-order chi connectivity index (χ0) is 14.0. The summed E-state index contributed by atoms with van der Waals surface area (Å²) in [6.45, 7) is 1.35. The molecule has 10 heteroatoms. The minimum absolute atomic E-state index is 0.110. The van der Waals surface area contributed by atoms with Gasteiger partial charge in [0.1, 0.15) is 11.4 Å². The second-order valence-electron chi connectivity index (χ2n) is 3.67. The number of carboxylic acid groups (broad SMARTS) is 1. The number of aromatic nitrogens is 3. The van der Waals surface area contributed by atoms with Crippen molar-refractivity contribution >= 4 is 32.5 Å². The Morgan fingerprint density at radius 1 is 1.58 bits per heavy atom. The van der Waals surface area contributed by atoms with Gasteiger partial charge in [-0.2, -0.15) is 5.10 Å². The molecule has 0 aliphatic carbocycles. The fourth-order valence-corrected chi connectivity index (χ4v) is 3.18. The number of carboxylic acids is 1. The number of nitrogens with zero attached hydrogens (tertiary/aromatic N) is 3. The van der Waals surface area contributed by atoms with Gasteiger partial charge in [-0.3, -0.25) is 14.2 Å². The molecule has 8 nitrogen and oxygen atoms in total. The SMILES string of the molecule is Cc1csc(NS(=O)(=O)c2cnn(CC(=O)O)c2)n1. The molecule has 0 unspecified atom stereocenters. The van der Waals surface area contributed by atoms with Crippen LogP contribution >= 0.6 is 11.3 Å². The van der Waals surface area contributed by atoms with Crippen LogP contribution in [0.2, 0.25) is 0 Å². The maximum Gasteiger partial charge on any atom is 0.325 e. The van der Waals surface area contributed by atoms with Gasteiger partial charge in [-0.1, -0.05) is 0 Å². The number of anilines is 1. The van der Waals surface area contributed by atoms with Crippen molar-refractivity contribution in [2.75, 3.05) is 4.72 Å². The molecule has 2 rings (SSSR count). The molecule has 2 aromatic rings. The molecule has 2 aromatic heterocycles. The van der Waals surface area contributed by atoms with Crippen LogP contribution < -0.4 is 4.72 Å². The summed E-state index contributed by atoms with van der Waals surface area (Å²) in [5.41, 5.74) is 0.712. The van der Waals surface area contributed by atoms with Gasteiger partial charge in [0.05, 0.1) is 11.9 Å². The Balaban J connectivity index is 2.19. The topological polar surface area (TPSA) is 114 Å². The predicted molar refractivity (Wildman–Crippen MR) is 67.5 cm³/mol. The molecule has 19 heavy (non-hydrogen) atoms. The Labute approximate surface area is 112 Å². The zero-order valence-corrected chi connectivity index (χ0v) is 11.4. The molecule has 2 heterocycles. The van der Waals surface area contributed by atoms with Gasteiger partial charge < -0.3 is 5.11 Å². The number of sulfonamides is 1. The molecule has 2 N–H and O–H groups in total. The van der Waals surface area contributed by atoms with Gasteiger partial charge in [0.15, 0.2) is 5.13 Å². The molecular weight excluding hydrogens is 292 g/mol. The van der Waals surface area contributed by atoms with Crippen LogP contribution in [-0.2, 0) is 21.4 Å². The van der Waals surface area contributed by atoms with Crippen molar-refractivity contribution in [3.05, 3.63) is 23.5 Å². The molecule has 0 saturated carbocycles. The molecule has 0 aliphatic heterocycles. The molecule has 0 aromatic carbocycles. The van der Waals surface area contributed by atoms with E-state index in [1.54, 1.807) is 12.3 Å². The number of aryl methyl sites for hydroxylation is 1. The summed E-state index contributed by atoms with van der Waals surface area (Å²) in [5.74, 6) is -1.10. The first-order chi connectivity index (χ1) is 8.87. The first-order valence-corrected chi connectivity index (χ1v) is 7.42. The van der Waals surface area contributed by atoms with E-state index in [4.69, 9.17) is 5.11 Å². The molecule has 0 aliphatic rings. The van der Waals surface area contributed by atoms with E-state index in [9.17, 15) is 13.2 Å². The van der Waals surface area contributed by atoms with E-state index in [0.29, 0.717) is 5.69 Å². The number of rotatable bonds is 5. The molecular formula is C9H10N4O4S2. The minimum Gasteiger partial charge on any atom is -0.480 e. The van der Waals surface area contributed by atoms with Gasteiger partial charge >= 0.3 is 5.97 Å². The predicted octanol–water partition coefficient (Wildman–Crippen LogP) is 0.533. The number of nitrogens with one attached hydrogen (secondary N) is 1. The monoisotopic (exact) mass is 302 g/mol. The van der Waals surface area contributed by atoms with Crippen molar-refractivity contribution in [3.63, 3.8) is 0 Å². The minimum atomic E-state index is -3.79. The largest absolute Gasteiger partial charge is 0.480 e. The lowest BCUT2D eigenvalue weighted by atomic mass is 10.6. The van der Waals surface area contributed by atoms with E-state index < -0.39 is 22.5 Å². The standard InChI is InChI=1S/C9H10N4O4S2/c1-6-5-18-9(11-6)12-19(16,17)7-2-10-13(3-7)4-8(14)15/h2-3,5H,4H2,1H3,(H,11,12)(H,14,15). The smallest absolute Gasteiger partial charge is 0.325 e. The Morgan fingerprint density at radius 2 is 2.32 bits per heavy atom. The van der Waals surface area contributed by atoms with Crippen molar-refractivity contribution < 1.29 is 18.3 Å². The second kappa shape index (κ2) is 4.97. The van der Waals surface area contributed by atoms with Gasteiger partial charge in [0.2, 0.25) is 0 Å². The van der Waals surface area contributed by atoms with Gasteiger partial charge in [0, 0.05) is 11.6 Å². The van der Waals surface area contributed by atoms with E-state index >= 15 is 0 Å². The van der Waals surface area contributed by atoms with Crippen molar-refractivity contribution in [2.24, 2.45) is 0 Å². The van der Waals surface area contributed by atoms with Gasteiger partial charge in [-0.25, -0.2) is 13.4 Å². The highest BCUT2D eigenvalue weighted by atomic mass is 32.2. The van der Waals surface area contributed by atoms with E-state index in [1.165, 1.54) is 11.3 Å². The average molecular weight is 302 g/mol. The van der Waals surface area contributed by atoms with Crippen LogP contribution in [0.4, 0.5) is 5.13 Å². The summed E-state index contributed by atoms with van der Waals surface area (Å²) in [4.78, 5) is 14.4. The van der Waals surface area contributed by atoms with Gasteiger partial charge in [-0.15, -0.1) is 11.3 Å². The highest BCUT2D eigenvalue weighted by Gasteiger charge is 2.18. The summed E-state index contributed by atoms with van der Waals surface area (Å²) in [7, 11) is -3.79. The van der Waals surface area contributed by atoms with Crippen LogP contribution in [0, 0.1) is 6.92 Å². The molecule has 0 bridgehead atoms. The third-order valence-electron chi connectivity index (χ3n) is 2.06. The number of carbonyl (C=O) groups is 1. The summed E-state index contributed by atoms with van der Waals surface area (Å²) in [6, 6.07) is 0. The van der Waals surface area contributed by atoms with E-state index in [1.807, 2.05) is 0 Å². The lowest BCUT2D eigenvalue weighted by molar-refractivity contribution is -0.137. The van der Waals surface area contributed by atoms with Crippen LogP contribution in [0.3, 0.4) is 0 Å². The molecule has 0 spiro atoms. The number of hydrogen-bond acceptors (Lipinski definition) is 6. The van der Waals surface area contributed by atoms with Crippen LogP contribution in [-0.4, -0.2) is 34.3 Å². The zero-order valence-electron chi connectivity index (χ0n) is 9.77. The molecule has 0 amide bonds. The van der Waals surface area contributed by atoms with Crippen LogP contribution in [0.25, 0.3) is 0 Å². The summed E-state index contributed by atoms with van der Waals surface area (Å²) >= 11 is 1.17. The molecule has 0 radical (unpaired) electrons. The Hall–Kier alpha value is -1.94. The Morgan fingerprint density at radius 3 is 2.89 bits per heavy atom. The first kappa shape index (κ1) is 13.5. The number of hydrogen-bond donors (Lipinski definition) is 2. The van der Waals surface area contributed by atoms with E-state index in [2.05, 4.69) is 14.8 Å². The van der Waals surface area contributed by atoms with E-state index in [0.717, 1.165) is 17.1 Å². The quantitative estimate of drug-likeness (QED) is 0.833. The van der Waals surface area contributed by atoms with Crippen LogP contribution in [0.5, 0.6) is 0 Å².